The summed E-state index contributed by atoms with van der Waals surface area (Å²) >= 11 is 0. The SMILES string of the molecule is CC(C)(C(=O)O)n1nnnc1COc1ccccc1. The minimum absolute atomic E-state index is 0.105. The summed E-state index contributed by atoms with van der Waals surface area (Å²) in [5.41, 5.74) is -1.22. The second-order valence-electron chi connectivity index (χ2n) is 4.47. The van der Waals surface area contributed by atoms with Crippen LogP contribution in [0.2, 0.25) is 0 Å². The smallest absolute Gasteiger partial charge is 0.331 e. The van der Waals surface area contributed by atoms with Gasteiger partial charge in [0.25, 0.3) is 0 Å². The van der Waals surface area contributed by atoms with Gasteiger partial charge in [-0.2, -0.15) is 0 Å². The molecule has 0 saturated carbocycles. The first kappa shape index (κ1) is 13.0. The van der Waals surface area contributed by atoms with Crippen molar-refractivity contribution in [2.75, 3.05) is 0 Å². The lowest BCUT2D eigenvalue weighted by molar-refractivity contribution is -0.146. The number of tetrazole rings is 1. The van der Waals surface area contributed by atoms with Crippen LogP contribution in [0.1, 0.15) is 19.7 Å². The molecular weight excluding hydrogens is 248 g/mol. The zero-order valence-corrected chi connectivity index (χ0v) is 10.6. The molecule has 0 fully saturated rings. The van der Waals surface area contributed by atoms with Crippen LogP contribution in [0.4, 0.5) is 0 Å². The van der Waals surface area contributed by atoms with Gasteiger partial charge in [0.05, 0.1) is 0 Å². The summed E-state index contributed by atoms with van der Waals surface area (Å²) < 4.78 is 6.76. The van der Waals surface area contributed by atoms with E-state index in [-0.39, 0.29) is 6.61 Å². The number of carboxylic acids is 1. The van der Waals surface area contributed by atoms with Crippen LogP contribution in [0.15, 0.2) is 30.3 Å². The molecule has 2 aromatic rings. The number of aliphatic carboxylic acids is 1. The molecule has 100 valence electrons. The zero-order valence-electron chi connectivity index (χ0n) is 10.6. The van der Waals surface area contributed by atoms with Crippen LogP contribution in [0.3, 0.4) is 0 Å². The Hall–Kier alpha value is -2.44. The molecule has 0 aliphatic carbocycles. The fourth-order valence-electron chi connectivity index (χ4n) is 1.49. The second kappa shape index (κ2) is 5.05. The molecule has 19 heavy (non-hydrogen) atoms. The number of aromatic nitrogens is 4. The molecular formula is C12H14N4O3. The van der Waals surface area contributed by atoms with E-state index in [0.717, 1.165) is 0 Å². The van der Waals surface area contributed by atoms with Gasteiger partial charge in [0.2, 0.25) is 0 Å². The van der Waals surface area contributed by atoms with Crippen LogP contribution in [-0.4, -0.2) is 31.3 Å². The van der Waals surface area contributed by atoms with E-state index in [1.165, 1.54) is 18.5 Å². The molecule has 1 aromatic carbocycles. The fourth-order valence-corrected chi connectivity index (χ4v) is 1.49. The largest absolute Gasteiger partial charge is 0.486 e. The highest BCUT2D eigenvalue weighted by Gasteiger charge is 2.33. The maximum Gasteiger partial charge on any atom is 0.331 e. The Labute approximate surface area is 109 Å². The van der Waals surface area contributed by atoms with Gasteiger partial charge in [-0.05, 0) is 36.4 Å². The quantitative estimate of drug-likeness (QED) is 0.866. The lowest BCUT2D eigenvalue weighted by Crippen LogP contribution is -2.38. The average Bonchev–Trinajstić information content (AvgIpc) is 2.86. The van der Waals surface area contributed by atoms with Crippen molar-refractivity contribution in [1.29, 1.82) is 0 Å². The molecule has 1 N–H and O–H groups in total. The van der Waals surface area contributed by atoms with E-state index in [4.69, 9.17) is 9.84 Å². The monoisotopic (exact) mass is 262 g/mol. The summed E-state index contributed by atoms with van der Waals surface area (Å²) in [5, 5.41) is 20.2. The van der Waals surface area contributed by atoms with Crippen LogP contribution in [-0.2, 0) is 16.9 Å². The van der Waals surface area contributed by atoms with Gasteiger partial charge in [0, 0.05) is 0 Å². The van der Waals surface area contributed by atoms with E-state index in [2.05, 4.69) is 15.5 Å². The first-order valence-corrected chi connectivity index (χ1v) is 5.71. The van der Waals surface area contributed by atoms with Crippen molar-refractivity contribution < 1.29 is 14.6 Å². The van der Waals surface area contributed by atoms with Crippen molar-refractivity contribution in [1.82, 2.24) is 20.2 Å². The maximum absolute atomic E-state index is 11.2. The third-order valence-electron chi connectivity index (χ3n) is 2.70. The summed E-state index contributed by atoms with van der Waals surface area (Å²) in [6.45, 7) is 3.16. The van der Waals surface area contributed by atoms with Crippen molar-refractivity contribution in [3.8, 4) is 5.75 Å². The highest BCUT2D eigenvalue weighted by atomic mass is 16.5. The van der Waals surface area contributed by atoms with Gasteiger partial charge in [-0.15, -0.1) is 5.10 Å². The van der Waals surface area contributed by atoms with E-state index in [0.29, 0.717) is 11.6 Å². The molecule has 0 aliphatic heterocycles. The Bertz CT molecular complexity index is 565. The van der Waals surface area contributed by atoms with E-state index >= 15 is 0 Å². The minimum atomic E-state index is -1.22. The summed E-state index contributed by atoms with van der Waals surface area (Å²) in [6.07, 6.45) is 0. The summed E-state index contributed by atoms with van der Waals surface area (Å²) in [4.78, 5) is 11.2. The standard InChI is InChI=1S/C12H14N4O3/c1-12(2,11(17)18)16-10(13-14-15-16)8-19-9-6-4-3-5-7-9/h3-7H,8H2,1-2H3,(H,17,18). The Morgan fingerprint density at radius 2 is 2.05 bits per heavy atom. The Kier molecular flexibility index (Phi) is 3.46. The molecule has 7 nitrogen and oxygen atoms in total. The van der Waals surface area contributed by atoms with Crippen molar-refractivity contribution in [3.63, 3.8) is 0 Å². The number of carboxylic acid groups (broad SMARTS) is 1. The molecule has 0 amide bonds. The van der Waals surface area contributed by atoms with Crippen LogP contribution in [0.25, 0.3) is 0 Å². The van der Waals surface area contributed by atoms with Crippen molar-refractivity contribution in [3.05, 3.63) is 36.2 Å². The number of ether oxygens (including phenoxy) is 1. The number of para-hydroxylation sites is 1. The highest BCUT2D eigenvalue weighted by molar-refractivity contribution is 5.75. The van der Waals surface area contributed by atoms with Crippen molar-refractivity contribution in [2.45, 2.75) is 26.0 Å². The van der Waals surface area contributed by atoms with Crippen LogP contribution in [0.5, 0.6) is 5.75 Å². The summed E-state index contributed by atoms with van der Waals surface area (Å²) in [6, 6.07) is 9.18. The van der Waals surface area contributed by atoms with E-state index in [1.54, 1.807) is 12.1 Å². The van der Waals surface area contributed by atoms with Crippen molar-refractivity contribution in [2.24, 2.45) is 0 Å². The van der Waals surface area contributed by atoms with E-state index in [9.17, 15) is 4.79 Å². The van der Waals surface area contributed by atoms with Gasteiger partial charge >= 0.3 is 5.97 Å². The average molecular weight is 262 g/mol. The van der Waals surface area contributed by atoms with Crippen LogP contribution < -0.4 is 4.74 Å². The third kappa shape index (κ3) is 2.70. The number of nitrogens with zero attached hydrogens (tertiary/aromatic N) is 4. The fraction of sp³-hybridized carbons (Fsp3) is 0.333. The van der Waals surface area contributed by atoms with Gasteiger partial charge in [0.1, 0.15) is 12.4 Å². The van der Waals surface area contributed by atoms with E-state index < -0.39 is 11.5 Å². The molecule has 0 saturated heterocycles. The number of benzene rings is 1. The number of hydrogen-bond acceptors (Lipinski definition) is 5. The van der Waals surface area contributed by atoms with Gasteiger partial charge in [-0.1, -0.05) is 18.2 Å². The molecule has 0 aliphatic rings. The van der Waals surface area contributed by atoms with Crippen LogP contribution >= 0.6 is 0 Å². The molecule has 0 atom stereocenters. The van der Waals surface area contributed by atoms with E-state index in [1.807, 2.05) is 18.2 Å². The minimum Gasteiger partial charge on any atom is -0.486 e. The molecule has 2 rings (SSSR count). The molecule has 1 heterocycles. The third-order valence-corrected chi connectivity index (χ3v) is 2.70. The van der Waals surface area contributed by atoms with Crippen molar-refractivity contribution >= 4 is 5.97 Å². The molecule has 0 unspecified atom stereocenters. The summed E-state index contributed by atoms with van der Waals surface area (Å²) in [7, 11) is 0. The topological polar surface area (TPSA) is 90.1 Å². The second-order valence-corrected chi connectivity index (χ2v) is 4.47. The summed E-state index contributed by atoms with van der Waals surface area (Å²) in [5.74, 6) is 0.0159. The highest BCUT2D eigenvalue weighted by Crippen LogP contribution is 2.17. The first-order chi connectivity index (χ1) is 9.01. The Balaban J connectivity index is 2.15. The van der Waals surface area contributed by atoms with Gasteiger partial charge in [-0.3, -0.25) is 0 Å². The number of carbonyl (C=O) groups is 1. The first-order valence-electron chi connectivity index (χ1n) is 5.71. The zero-order chi connectivity index (χ0) is 13.9. The maximum atomic E-state index is 11.2. The lowest BCUT2D eigenvalue weighted by atomic mass is 10.1. The molecule has 0 spiro atoms. The van der Waals surface area contributed by atoms with Gasteiger partial charge < -0.3 is 9.84 Å². The van der Waals surface area contributed by atoms with Gasteiger partial charge in [-0.25, -0.2) is 9.48 Å². The molecule has 1 aromatic heterocycles. The number of rotatable bonds is 5. The predicted molar refractivity (Wildman–Crippen MR) is 65.5 cm³/mol. The lowest BCUT2D eigenvalue weighted by Gasteiger charge is -2.20. The Morgan fingerprint density at radius 1 is 1.37 bits per heavy atom. The molecule has 0 bridgehead atoms. The molecule has 0 radical (unpaired) electrons. The van der Waals surface area contributed by atoms with Crippen LogP contribution in [0, 0.1) is 0 Å². The van der Waals surface area contributed by atoms with Gasteiger partial charge in [0.15, 0.2) is 11.4 Å². The molecule has 7 heteroatoms. The Morgan fingerprint density at radius 3 is 2.68 bits per heavy atom. The number of hydrogen-bond donors (Lipinski definition) is 1. The predicted octanol–water partition coefficient (Wildman–Crippen LogP) is 1.07. The normalized spacial score (nSPS) is 11.3.